The maximum absolute atomic E-state index is 2.67. The van der Waals surface area contributed by atoms with Crippen LogP contribution >= 0.6 is 7.26 Å². The molecular formula is C16H34P+. The minimum atomic E-state index is -0.743. The molecule has 0 saturated carbocycles. The molecule has 0 aliphatic carbocycles. The minimum Gasteiger partial charge on any atom is -0.0652 e. The Hall–Kier alpha value is 0.170. The molecule has 0 N–H and O–H groups in total. The Balaban J connectivity index is 4.57. The summed E-state index contributed by atoms with van der Waals surface area (Å²) in [6.45, 7) is 9.26. The number of hydrogen-bond acceptors (Lipinski definition) is 0. The third-order valence-corrected chi connectivity index (χ3v) is 7.99. The fourth-order valence-electron chi connectivity index (χ4n) is 2.31. The van der Waals surface area contributed by atoms with Gasteiger partial charge in [0.05, 0.1) is 24.3 Å². The van der Waals surface area contributed by atoms with Gasteiger partial charge in [0.1, 0.15) is 0 Å². The zero-order valence-corrected chi connectivity index (χ0v) is 13.6. The summed E-state index contributed by atoms with van der Waals surface area (Å²) >= 11 is 0. The van der Waals surface area contributed by atoms with E-state index < -0.39 is 7.26 Å². The van der Waals surface area contributed by atoms with Gasteiger partial charge in [0.2, 0.25) is 0 Å². The highest BCUT2D eigenvalue weighted by atomic mass is 31.2. The molecule has 0 aliphatic heterocycles. The maximum Gasteiger partial charge on any atom is 0.0635 e. The first-order chi connectivity index (χ1) is 8.24. The van der Waals surface area contributed by atoms with Crippen molar-refractivity contribution in [2.75, 3.05) is 18.5 Å². The van der Waals surface area contributed by atoms with Gasteiger partial charge in [0.15, 0.2) is 0 Å². The molecule has 0 aromatic heterocycles. The van der Waals surface area contributed by atoms with Crippen molar-refractivity contribution in [2.24, 2.45) is 0 Å². The van der Waals surface area contributed by atoms with E-state index in [2.05, 4.69) is 39.6 Å². The molecule has 0 aromatic carbocycles. The van der Waals surface area contributed by atoms with Crippen LogP contribution in [0.5, 0.6) is 0 Å². The van der Waals surface area contributed by atoms with Crippen LogP contribution < -0.4 is 0 Å². The van der Waals surface area contributed by atoms with Crippen LogP contribution in [0.2, 0.25) is 0 Å². The molecule has 0 nitrogen and oxygen atoms in total. The first-order valence-corrected chi connectivity index (χ1v) is 10.2. The predicted octanol–water partition coefficient (Wildman–Crippen LogP) is 6.33. The molecule has 0 saturated heterocycles. The topological polar surface area (TPSA) is 0 Å². The van der Waals surface area contributed by atoms with Gasteiger partial charge < -0.3 is 0 Å². The molecule has 17 heavy (non-hydrogen) atoms. The van der Waals surface area contributed by atoms with Gasteiger partial charge in [0.25, 0.3) is 0 Å². The average Bonchev–Trinajstić information content (AvgIpc) is 2.37. The zero-order chi connectivity index (χ0) is 13.0. The van der Waals surface area contributed by atoms with Gasteiger partial charge in [-0.2, -0.15) is 0 Å². The van der Waals surface area contributed by atoms with E-state index in [4.69, 9.17) is 0 Å². The molecule has 0 spiro atoms. The average molecular weight is 257 g/mol. The molecule has 102 valence electrons. The van der Waals surface area contributed by atoms with E-state index >= 15 is 0 Å². The SMILES string of the molecule is CCC=C[P+](CCCC)(CCCC)CCCC. The molecule has 0 aliphatic rings. The molecule has 0 heterocycles. The Morgan fingerprint density at radius 1 is 0.706 bits per heavy atom. The highest BCUT2D eigenvalue weighted by Gasteiger charge is 2.32. The smallest absolute Gasteiger partial charge is 0.0635 e. The summed E-state index contributed by atoms with van der Waals surface area (Å²) < 4.78 is 0. The highest BCUT2D eigenvalue weighted by Crippen LogP contribution is 2.62. The summed E-state index contributed by atoms with van der Waals surface area (Å²) in [5.41, 5.74) is 0. The first-order valence-electron chi connectivity index (χ1n) is 7.78. The fraction of sp³-hybridized carbons (Fsp3) is 0.875. The van der Waals surface area contributed by atoms with Crippen LogP contribution in [0.3, 0.4) is 0 Å². The van der Waals surface area contributed by atoms with Crippen LogP contribution in [-0.4, -0.2) is 18.5 Å². The number of allylic oxidation sites excluding steroid dienone is 1. The van der Waals surface area contributed by atoms with Crippen molar-refractivity contribution in [1.29, 1.82) is 0 Å². The predicted molar refractivity (Wildman–Crippen MR) is 85.7 cm³/mol. The zero-order valence-electron chi connectivity index (χ0n) is 12.7. The van der Waals surface area contributed by atoms with Crippen LogP contribution in [-0.2, 0) is 0 Å². The molecule has 0 atom stereocenters. The van der Waals surface area contributed by atoms with Crippen LogP contribution in [0.4, 0.5) is 0 Å². The molecule has 0 fully saturated rings. The molecule has 0 radical (unpaired) electrons. The molecule has 0 amide bonds. The largest absolute Gasteiger partial charge is 0.0652 e. The third kappa shape index (κ3) is 7.98. The van der Waals surface area contributed by atoms with Gasteiger partial charge >= 0.3 is 0 Å². The van der Waals surface area contributed by atoms with Gasteiger partial charge in [-0.1, -0.05) is 47.0 Å². The van der Waals surface area contributed by atoms with E-state index in [9.17, 15) is 0 Å². The van der Waals surface area contributed by atoms with Crippen LogP contribution in [0.15, 0.2) is 11.9 Å². The Kier molecular flexibility index (Phi) is 11.4. The van der Waals surface area contributed by atoms with Crippen molar-refractivity contribution in [3.63, 3.8) is 0 Å². The fourth-order valence-corrected chi connectivity index (χ4v) is 6.92. The standard InChI is InChI=1S/C16H34P/c1-5-9-13-17(14-10-6-2,15-11-7-3)16-12-8-4/h9,13H,5-8,10-12,14-16H2,1-4H3/q+1. The van der Waals surface area contributed by atoms with E-state index in [1.165, 1.54) is 63.4 Å². The van der Waals surface area contributed by atoms with Gasteiger partial charge in [0, 0.05) is 7.26 Å². The van der Waals surface area contributed by atoms with E-state index in [-0.39, 0.29) is 0 Å². The minimum absolute atomic E-state index is 0.743. The van der Waals surface area contributed by atoms with Crippen molar-refractivity contribution in [3.8, 4) is 0 Å². The second-order valence-corrected chi connectivity index (χ2v) is 9.32. The van der Waals surface area contributed by atoms with Gasteiger partial charge in [-0.05, 0) is 31.8 Å². The summed E-state index contributed by atoms with van der Waals surface area (Å²) in [5, 5.41) is 0. The lowest BCUT2D eigenvalue weighted by molar-refractivity contribution is 0.840. The van der Waals surface area contributed by atoms with Gasteiger partial charge in [-0.3, -0.25) is 0 Å². The molecule has 0 unspecified atom stereocenters. The lowest BCUT2D eigenvalue weighted by Gasteiger charge is -2.24. The quantitative estimate of drug-likeness (QED) is 0.379. The van der Waals surface area contributed by atoms with E-state index in [1.54, 1.807) is 0 Å². The number of rotatable bonds is 11. The monoisotopic (exact) mass is 257 g/mol. The summed E-state index contributed by atoms with van der Waals surface area (Å²) in [5.74, 6) is 2.67. The summed E-state index contributed by atoms with van der Waals surface area (Å²) in [4.78, 5) is 0. The molecular weight excluding hydrogens is 223 g/mol. The highest BCUT2D eigenvalue weighted by molar-refractivity contribution is 7.78. The maximum atomic E-state index is 2.67. The van der Waals surface area contributed by atoms with E-state index in [0.29, 0.717) is 0 Å². The van der Waals surface area contributed by atoms with Crippen molar-refractivity contribution < 1.29 is 0 Å². The lowest BCUT2D eigenvalue weighted by atomic mass is 10.4. The first kappa shape index (κ1) is 17.2. The van der Waals surface area contributed by atoms with Gasteiger partial charge in [-0.25, -0.2) is 0 Å². The number of hydrogen-bond donors (Lipinski definition) is 0. The molecule has 1 heteroatoms. The Morgan fingerprint density at radius 3 is 1.41 bits per heavy atom. The Labute approximate surface area is 111 Å². The number of unbranched alkanes of at least 4 members (excludes halogenated alkanes) is 3. The van der Waals surface area contributed by atoms with Crippen LogP contribution in [0.1, 0.15) is 72.6 Å². The van der Waals surface area contributed by atoms with Crippen molar-refractivity contribution in [2.45, 2.75) is 72.6 Å². The van der Waals surface area contributed by atoms with Gasteiger partial charge in [-0.15, -0.1) is 0 Å². The molecule has 0 bridgehead atoms. The van der Waals surface area contributed by atoms with E-state index in [1.807, 2.05) is 0 Å². The Bertz CT molecular complexity index is 162. The summed E-state index contributed by atoms with van der Waals surface area (Å²) in [6.07, 6.45) is 16.6. The van der Waals surface area contributed by atoms with Crippen molar-refractivity contribution in [3.05, 3.63) is 11.9 Å². The molecule has 0 aromatic rings. The van der Waals surface area contributed by atoms with Crippen LogP contribution in [0.25, 0.3) is 0 Å². The third-order valence-electron chi connectivity index (χ3n) is 3.53. The summed E-state index contributed by atoms with van der Waals surface area (Å²) in [6, 6.07) is 0. The normalized spacial score (nSPS) is 12.5. The lowest BCUT2D eigenvalue weighted by Crippen LogP contribution is -2.06. The van der Waals surface area contributed by atoms with E-state index in [0.717, 1.165) is 0 Å². The van der Waals surface area contributed by atoms with Crippen LogP contribution in [0, 0.1) is 0 Å². The second-order valence-electron chi connectivity index (χ2n) is 5.24. The second kappa shape index (κ2) is 11.3. The van der Waals surface area contributed by atoms with Crippen molar-refractivity contribution >= 4 is 7.26 Å². The summed E-state index contributed by atoms with van der Waals surface area (Å²) in [7, 11) is -0.743. The molecule has 0 rings (SSSR count). The Morgan fingerprint density at radius 2 is 1.12 bits per heavy atom. The van der Waals surface area contributed by atoms with Crippen molar-refractivity contribution in [1.82, 2.24) is 0 Å².